The van der Waals surface area contributed by atoms with Crippen LogP contribution in [-0.4, -0.2) is 29.4 Å². The van der Waals surface area contributed by atoms with Crippen LogP contribution in [0.25, 0.3) is 0 Å². The number of nitrogens with zero attached hydrogens (tertiary/aromatic N) is 1. The predicted octanol–water partition coefficient (Wildman–Crippen LogP) is 1.32. The number of hydrogen-bond acceptors (Lipinski definition) is 3. The molecule has 0 aromatic heterocycles. The molecule has 1 aliphatic heterocycles. The molecule has 0 aromatic carbocycles. The van der Waals surface area contributed by atoms with Crippen LogP contribution in [0.2, 0.25) is 0 Å². The quantitative estimate of drug-likeness (QED) is 0.791. The van der Waals surface area contributed by atoms with Gasteiger partial charge in [0.15, 0.2) is 0 Å². The van der Waals surface area contributed by atoms with Crippen molar-refractivity contribution in [2.45, 2.75) is 46.7 Å². The molecule has 2 aliphatic rings. The maximum absolute atomic E-state index is 12.6. The van der Waals surface area contributed by atoms with Gasteiger partial charge in [-0.3, -0.25) is 4.79 Å². The molecule has 4 N–H and O–H groups in total. The Labute approximate surface area is 116 Å². The van der Waals surface area contributed by atoms with Gasteiger partial charge in [-0.15, -0.1) is 0 Å². The van der Waals surface area contributed by atoms with E-state index in [2.05, 4.69) is 20.4 Å². The summed E-state index contributed by atoms with van der Waals surface area (Å²) in [5.41, 5.74) is 12.7. The second-order valence-corrected chi connectivity index (χ2v) is 7.81. The van der Waals surface area contributed by atoms with Gasteiger partial charge in [-0.1, -0.05) is 41.2 Å². The Balaban J connectivity index is 2.19. The van der Waals surface area contributed by atoms with Gasteiger partial charge in [0.2, 0.25) is 5.91 Å². The molecule has 4 unspecified atom stereocenters. The molecular formula is C15H27N3O. The van der Waals surface area contributed by atoms with E-state index in [0.717, 1.165) is 6.54 Å². The Kier molecular flexibility index (Phi) is 3.01. The fourth-order valence-electron chi connectivity index (χ4n) is 3.49. The molecule has 19 heavy (non-hydrogen) atoms. The topological polar surface area (TPSA) is 72.3 Å². The van der Waals surface area contributed by atoms with Crippen molar-refractivity contribution in [2.24, 2.45) is 34.1 Å². The van der Waals surface area contributed by atoms with E-state index in [0.29, 0.717) is 17.5 Å². The molecule has 1 saturated carbocycles. The van der Waals surface area contributed by atoms with E-state index in [9.17, 15) is 4.79 Å². The van der Waals surface area contributed by atoms with Crippen LogP contribution < -0.4 is 11.5 Å². The lowest BCUT2D eigenvalue weighted by Gasteiger charge is -2.36. The van der Waals surface area contributed by atoms with Crippen LogP contribution in [-0.2, 0) is 4.79 Å². The molecule has 4 atom stereocenters. The van der Waals surface area contributed by atoms with Crippen molar-refractivity contribution in [1.29, 1.82) is 0 Å². The molecule has 1 heterocycles. The molecule has 1 amide bonds. The Hall–Kier alpha value is -1.03. The van der Waals surface area contributed by atoms with Gasteiger partial charge in [0.25, 0.3) is 0 Å². The van der Waals surface area contributed by atoms with Gasteiger partial charge in [0, 0.05) is 12.2 Å². The van der Waals surface area contributed by atoms with Gasteiger partial charge in [-0.05, 0) is 22.7 Å². The minimum Gasteiger partial charge on any atom is -0.401 e. The zero-order valence-electron chi connectivity index (χ0n) is 12.7. The van der Waals surface area contributed by atoms with Crippen LogP contribution in [0.5, 0.6) is 0 Å². The van der Waals surface area contributed by atoms with Gasteiger partial charge in [-0.25, -0.2) is 0 Å². The van der Waals surface area contributed by atoms with E-state index < -0.39 is 6.04 Å². The third kappa shape index (κ3) is 2.06. The monoisotopic (exact) mass is 265 g/mol. The smallest absolute Gasteiger partial charge is 0.240 e. The van der Waals surface area contributed by atoms with E-state index in [1.807, 2.05) is 25.7 Å². The number of likely N-dealkylation sites (tertiary alicyclic amines) is 1. The summed E-state index contributed by atoms with van der Waals surface area (Å²) in [4.78, 5) is 14.4. The number of carbonyl (C=O) groups is 1. The summed E-state index contributed by atoms with van der Waals surface area (Å²) in [7, 11) is 0. The number of amides is 1. The number of piperidine rings is 1. The zero-order valence-corrected chi connectivity index (χ0v) is 12.7. The third-order valence-electron chi connectivity index (χ3n) is 5.07. The Bertz CT molecular complexity index is 422. The summed E-state index contributed by atoms with van der Waals surface area (Å²) in [6.45, 7) is 15.1. The van der Waals surface area contributed by atoms with Gasteiger partial charge < -0.3 is 16.4 Å². The molecule has 1 saturated heterocycles. The number of carbonyl (C=O) groups excluding carboxylic acids is 1. The van der Waals surface area contributed by atoms with Crippen molar-refractivity contribution >= 4 is 5.91 Å². The standard InChI is InChI=1S/C15H27N3O/c1-8(16)11-10-9(15(10,5)6)7-18(11)13(19)12(17)14(2,3)4/h9-12H,1,7,16-17H2,2-6H3. The Morgan fingerprint density at radius 2 is 1.95 bits per heavy atom. The normalized spacial score (nSPS) is 33.8. The van der Waals surface area contributed by atoms with E-state index in [1.165, 1.54) is 0 Å². The average molecular weight is 265 g/mol. The molecule has 0 spiro atoms. The number of hydrogen-bond donors (Lipinski definition) is 2. The van der Waals surface area contributed by atoms with Crippen LogP contribution in [0.1, 0.15) is 34.6 Å². The third-order valence-corrected chi connectivity index (χ3v) is 5.07. The van der Waals surface area contributed by atoms with E-state index in [-0.39, 0.29) is 22.8 Å². The summed E-state index contributed by atoms with van der Waals surface area (Å²) < 4.78 is 0. The maximum atomic E-state index is 12.6. The van der Waals surface area contributed by atoms with Gasteiger partial charge in [0.05, 0.1) is 12.1 Å². The molecule has 108 valence electrons. The molecule has 0 bridgehead atoms. The molecule has 0 radical (unpaired) electrons. The fraction of sp³-hybridized carbons (Fsp3) is 0.800. The lowest BCUT2D eigenvalue weighted by atomic mass is 9.86. The summed E-state index contributed by atoms with van der Waals surface area (Å²) in [6, 6.07) is -0.532. The molecule has 1 aliphatic carbocycles. The van der Waals surface area contributed by atoms with Crippen LogP contribution in [0.4, 0.5) is 0 Å². The maximum Gasteiger partial charge on any atom is 0.240 e. The van der Waals surface area contributed by atoms with Crippen molar-refractivity contribution in [1.82, 2.24) is 4.90 Å². The van der Waals surface area contributed by atoms with Crippen LogP contribution in [0.15, 0.2) is 12.3 Å². The fourth-order valence-corrected chi connectivity index (χ4v) is 3.49. The first-order chi connectivity index (χ1) is 8.49. The number of fused-ring (bicyclic) bond motifs is 1. The minimum absolute atomic E-state index is 0.00657. The van der Waals surface area contributed by atoms with Crippen molar-refractivity contribution in [2.75, 3.05) is 6.54 Å². The van der Waals surface area contributed by atoms with E-state index >= 15 is 0 Å². The predicted molar refractivity (Wildman–Crippen MR) is 77.0 cm³/mol. The molecule has 4 heteroatoms. The summed E-state index contributed by atoms with van der Waals surface area (Å²) in [5, 5.41) is 0. The molecule has 2 rings (SSSR count). The van der Waals surface area contributed by atoms with Crippen molar-refractivity contribution in [3.05, 3.63) is 12.3 Å². The van der Waals surface area contributed by atoms with Crippen LogP contribution in [0, 0.1) is 22.7 Å². The van der Waals surface area contributed by atoms with Crippen LogP contribution >= 0.6 is 0 Å². The largest absolute Gasteiger partial charge is 0.401 e. The highest BCUT2D eigenvalue weighted by atomic mass is 16.2. The number of nitrogens with two attached hydrogens (primary N) is 2. The first kappa shape index (κ1) is 14.4. The van der Waals surface area contributed by atoms with Crippen LogP contribution in [0.3, 0.4) is 0 Å². The summed E-state index contributed by atoms with van der Waals surface area (Å²) >= 11 is 0. The highest BCUT2D eigenvalue weighted by Crippen LogP contribution is 2.65. The average Bonchev–Trinajstić information content (AvgIpc) is 2.65. The second kappa shape index (κ2) is 3.98. The number of rotatable bonds is 2. The Morgan fingerprint density at radius 1 is 1.42 bits per heavy atom. The van der Waals surface area contributed by atoms with Crippen molar-refractivity contribution in [3.63, 3.8) is 0 Å². The molecule has 0 aromatic rings. The first-order valence-electron chi connectivity index (χ1n) is 7.00. The van der Waals surface area contributed by atoms with Crippen molar-refractivity contribution < 1.29 is 4.79 Å². The van der Waals surface area contributed by atoms with Crippen molar-refractivity contribution in [3.8, 4) is 0 Å². The van der Waals surface area contributed by atoms with Gasteiger partial charge >= 0.3 is 0 Å². The highest BCUT2D eigenvalue weighted by molar-refractivity contribution is 5.83. The van der Waals surface area contributed by atoms with E-state index in [1.54, 1.807) is 0 Å². The highest BCUT2D eigenvalue weighted by Gasteiger charge is 2.68. The lowest BCUT2D eigenvalue weighted by molar-refractivity contribution is -0.136. The minimum atomic E-state index is -0.491. The molecular weight excluding hydrogens is 238 g/mol. The second-order valence-electron chi connectivity index (χ2n) is 7.81. The molecule has 2 fully saturated rings. The first-order valence-corrected chi connectivity index (χ1v) is 7.00. The van der Waals surface area contributed by atoms with E-state index in [4.69, 9.17) is 11.5 Å². The SMILES string of the molecule is C=C(N)C1C2C(CN1C(=O)C(N)C(C)(C)C)C2(C)C. The molecule has 4 nitrogen and oxygen atoms in total. The van der Waals surface area contributed by atoms with Gasteiger partial charge in [0.1, 0.15) is 0 Å². The van der Waals surface area contributed by atoms with Gasteiger partial charge in [-0.2, -0.15) is 0 Å². The summed E-state index contributed by atoms with van der Waals surface area (Å²) in [5.74, 6) is 0.988. The Morgan fingerprint density at radius 3 is 2.37 bits per heavy atom. The zero-order chi connectivity index (χ0) is 14.7. The summed E-state index contributed by atoms with van der Waals surface area (Å²) in [6.07, 6.45) is 0. The lowest BCUT2D eigenvalue weighted by Crippen LogP contribution is -2.54.